The van der Waals surface area contributed by atoms with E-state index in [-0.39, 0.29) is 28.6 Å². The SMILES string of the molecule is Cc1cccn2c(=O)c3cc(C(=O)NC4CCCCC4)c(=N)n(C)c3nc12. The average Bonchev–Trinajstić information content (AvgIpc) is 2.67. The summed E-state index contributed by atoms with van der Waals surface area (Å²) in [4.78, 5) is 30.4. The third-order valence-electron chi connectivity index (χ3n) is 5.45. The topological polar surface area (TPSA) is 92.3 Å². The second-order valence-corrected chi connectivity index (χ2v) is 7.31. The molecule has 1 amide bonds. The fraction of sp³-hybridized carbons (Fsp3) is 0.400. The van der Waals surface area contributed by atoms with Crippen LogP contribution in [0.5, 0.6) is 0 Å². The number of pyridine rings is 2. The summed E-state index contributed by atoms with van der Waals surface area (Å²) >= 11 is 0. The third-order valence-corrected chi connectivity index (χ3v) is 5.45. The fourth-order valence-corrected chi connectivity index (χ4v) is 3.86. The van der Waals surface area contributed by atoms with Crippen molar-refractivity contribution in [3.05, 3.63) is 51.4 Å². The van der Waals surface area contributed by atoms with Crippen LogP contribution in [-0.4, -0.2) is 25.9 Å². The van der Waals surface area contributed by atoms with Crippen LogP contribution in [0.25, 0.3) is 16.7 Å². The van der Waals surface area contributed by atoms with Crippen LogP contribution in [0, 0.1) is 12.3 Å². The Kier molecular flexibility index (Phi) is 4.30. The number of fused-ring (bicyclic) bond motifs is 2. The lowest BCUT2D eigenvalue weighted by atomic mass is 9.95. The second kappa shape index (κ2) is 6.64. The van der Waals surface area contributed by atoms with Crippen molar-refractivity contribution >= 4 is 22.6 Å². The highest BCUT2D eigenvalue weighted by molar-refractivity contribution is 5.97. The molecule has 3 aromatic heterocycles. The molecule has 3 aromatic rings. The van der Waals surface area contributed by atoms with E-state index < -0.39 is 0 Å². The van der Waals surface area contributed by atoms with Gasteiger partial charge in [-0.2, -0.15) is 0 Å². The van der Waals surface area contributed by atoms with Crippen molar-refractivity contribution in [3.8, 4) is 0 Å². The van der Waals surface area contributed by atoms with Crippen LogP contribution in [0.4, 0.5) is 0 Å². The molecule has 1 fully saturated rings. The molecule has 2 N–H and O–H groups in total. The molecule has 27 heavy (non-hydrogen) atoms. The Morgan fingerprint density at radius 2 is 2.00 bits per heavy atom. The van der Waals surface area contributed by atoms with Crippen molar-refractivity contribution in [3.63, 3.8) is 0 Å². The number of carbonyl (C=O) groups is 1. The Hall–Kier alpha value is -2.96. The average molecular weight is 365 g/mol. The maximum atomic E-state index is 13.0. The van der Waals surface area contributed by atoms with Crippen molar-refractivity contribution in [2.45, 2.75) is 45.1 Å². The van der Waals surface area contributed by atoms with Gasteiger partial charge in [-0.3, -0.25) is 19.4 Å². The smallest absolute Gasteiger partial charge is 0.267 e. The minimum Gasteiger partial charge on any atom is -0.349 e. The molecule has 1 aliphatic carbocycles. The van der Waals surface area contributed by atoms with Crippen molar-refractivity contribution in [2.75, 3.05) is 0 Å². The number of nitrogens with one attached hydrogen (secondary N) is 2. The Bertz CT molecular complexity index is 1170. The number of aromatic nitrogens is 3. The van der Waals surface area contributed by atoms with E-state index in [4.69, 9.17) is 5.41 Å². The van der Waals surface area contributed by atoms with Gasteiger partial charge in [-0.05, 0) is 37.5 Å². The maximum Gasteiger partial charge on any atom is 0.267 e. The summed E-state index contributed by atoms with van der Waals surface area (Å²) in [6.07, 6.45) is 7.03. The zero-order valence-corrected chi connectivity index (χ0v) is 15.6. The van der Waals surface area contributed by atoms with Crippen molar-refractivity contribution < 1.29 is 4.79 Å². The summed E-state index contributed by atoms with van der Waals surface area (Å²) in [6, 6.07) is 5.35. The predicted octanol–water partition coefficient (Wildman–Crippen LogP) is 2.04. The zero-order chi connectivity index (χ0) is 19.1. The van der Waals surface area contributed by atoms with Crippen LogP contribution < -0.4 is 16.4 Å². The molecule has 3 heterocycles. The maximum absolute atomic E-state index is 13.0. The number of nitrogens with zero attached hydrogens (tertiary/aromatic N) is 3. The monoisotopic (exact) mass is 365 g/mol. The highest BCUT2D eigenvalue weighted by atomic mass is 16.2. The normalized spacial score (nSPS) is 15.3. The van der Waals surface area contributed by atoms with Crippen LogP contribution in [-0.2, 0) is 7.05 Å². The van der Waals surface area contributed by atoms with Gasteiger partial charge in [0.15, 0.2) is 0 Å². The van der Waals surface area contributed by atoms with Crippen molar-refractivity contribution in [2.24, 2.45) is 7.05 Å². The minimum atomic E-state index is -0.293. The highest BCUT2D eigenvalue weighted by Gasteiger charge is 2.20. The van der Waals surface area contributed by atoms with Crippen molar-refractivity contribution in [1.29, 1.82) is 5.41 Å². The largest absolute Gasteiger partial charge is 0.349 e. The van der Waals surface area contributed by atoms with E-state index in [1.165, 1.54) is 21.5 Å². The molecular weight excluding hydrogens is 342 g/mol. The van der Waals surface area contributed by atoms with Gasteiger partial charge in [0.2, 0.25) is 0 Å². The molecule has 140 valence electrons. The number of carbonyl (C=O) groups excluding carboxylic acids is 1. The Balaban J connectivity index is 1.88. The summed E-state index contributed by atoms with van der Waals surface area (Å²) in [7, 11) is 1.67. The van der Waals surface area contributed by atoms with Gasteiger partial charge in [-0.25, -0.2) is 4.98 Å². The van der Waals surface area contributed by atoms with E-state index in [9.17, 15) is 9.59 Å². The number of hydrogen-bond donors (Lipinski definition) is 2. The molecule has 0 aromatic carbocycles. The first kappa shape index (κ1) is 17.5. The van der Waals surface area contributed by atoms with E-state index in [0.717, 1.165) is 31.2 Å². The van der Waals surface area contributed by atoms with E-state index in [1.807, 2.05) is 13.0 Å². The zero-order valence-electron chi connectivity index (χ0n) is 15.6. The quantitative estimate of drug-likeness (QED) is 0.681. The van der Waals surface area contributed by atoms with E-state index in [0.29, 0.717) is 16.7 Å². The van der Waals surface area contributed by atoms with Gasteiger partial charge in [0, 0.05) is 19.3 Å². The third kappa shape index (κ3) is 2.93. The summed E-state index contributed by atoms with van der Waals surface area (Å²) < 4.78 is 3.00. The van der Waals surface area contributed by atoms with Gasteiger partial charge < -0.3 is 9.88 Å². The molecule has 0 spiro atoms. The highest BCUT2D eigenvalue weighted by Crippen LogP contribution is 2.18. The molecule has 7 heteroatoms. The van der Waals surface area contributed by atoms with Crippen LogP contribution in [0.2, 0.25) is 0 Å². The van der Waals surface area contributed by atoms with Gasteiger partial charge >= 0.3 is 0 Å². The van der Waals surface area contributed by atoms with Gasteiger partial charge in [0.25, 0.3) is 11.5 Å². The lowest BCUT2D eigenvalue weighted by Gasteiger charge is -2.23. The standard InChI is InChI=1S/C20H23N5O2/c1-12-7-6-10-25-17(12)23-18-15(20(25)27)11-14(16(21)24(18)2)19(26)22-13-8-4-3-5-9-13/h6-7,10-11,13,21H,3-5,8-9H2,1-2H3,(H,22,26). The Morgan fingerprint density at radius 3 is 2.74 bits per heavy atom. The Morgan fingerprint density at radius 1 is 1.26 bits per heavy atom. The first-order valence-electron chi connectivity index (χ1n) is 9.34. The molecule has 0 radical (unpaired) electrons. The fourth-order valence-electron chi connectivity index (χ4n) is 3.86. The minimum absolute atomic E-state index is 0.0562. The Labute approximate surface area is 156 Å². The first-order chi connectivity index (χ1) is 13.0. The van der Waals surface area contributed by atoms with Gasteiger partial charge in [0.05, 0.1) is 10.9 Å². The molecule has 0 atom stereocenters. The molecule has 0 bridgehead atoms. The summed E-state index contributed by atoms with van der Waals surface area (Å²) in [5.74, 6) is -0.293. The second-order valence-electron chi connectivity index (χ2n) is 7.31. The molecular formula is C20H23N5O2. The summed E-state index contributed by atoms with van der Waals surface area (Å²) in [6.45, 7) is 1.89. The first-order valence-corrected chi connectivity index (χ1v) is 9.34. The van der Waals surface area contributed by atoms with E-state index >= 15 is 0 Å². The molecule has 0 unspecified atom stereocenters. The van der Waals surface area contributed by atoms with Crippen LogP contribution >= 0.6 is 0 Å². The molecule has 0 aliphatic heterocycles. The van der Waals surface area contributed by atoms with E-state index in [2.05, 4.69) is 10.3 Å². The number of amides is 1. The van der Waals surface area contributed by atoms with Crippen LogP contribution in [0.3, 0.4) is 0 Å². The molecule has 1 saturated carbocycles. The van der Waals surface area contributed by atoms with Crippen LogP contribution in [0.15, 0.2) is 29.2 Å². The van der Waals surface area contributed by atoms with Gasteiger partial charge in [0.1, 0.15) is 16.8 Å². The summed E-state index contributed by atoms with van der Waals surface area (Å²) in [5.41, 5.74) is 1.88. The predicted molar refractivity (Wildman–Crippen MR) is 103 cm³/mol. The van der Waals surface area contributed by atoms with Crippen LogP contribution in [0.1, 0.15) is 48.0 Å². The van der Waals surface area contributed by atoms with E-state index in [1.54, 1.807) is 19.3 Å². The molecule has 0 saturated heterocycles. The number of rotatable bonds is 2. The molecule has 4 rings (SSSR count). The molecule has 1 aliphatic rings. The number of aryl methyl sites for hydroxylation is 2. The molecule has 7 nitrogen and oxygen atoms in total. The van der Waals surface area contributed by atoms with Gasteiger partial charge in [-0.15, -0.1) is 0 Å². The summed E-state index contributed by atoms with van der Waals surface area (Å²) in [5, 5.41) is 11.8. The lowest BCUT2D eigenvalue weighted by Crippen LogP contribution is -2.40. The lowest BCUT2D eigenvalue weighted by molar-refractivity contribution is 0.0925. The van der Waals surface area contributed by atoms with Gasteiger partial charge in [-0.1, -0.05) is 25.3 Å². The number of hydrogen-bond acceptors (Lipinski definition) is 4. The van der Waals surface area contributed by atoms with Crippen molar-refractivity contribution in [1.82, 2.24) is 19.3 Å².